The van der Waals surface area contributed by atoms with Crippen LogP contribution in [0.5, 0.6) is 5.75 Å². The predicted octanol–water partition coefficient (Wildman–Crippen LogP) is 3.60. The van der Waals surface area contributed by atoms with Gasteiger partial charge in [0.15, 0.2) is 6.61 Å². The fourth-order valence-corrected chi connectivity index (χ4v) is 1.91. The number of carbonyl (C=O) groups excluding carboxylic acids is 1. The highest BCUT2D eigenvalue weighted by molar-refractivity contribution is 5.71. The van der Waals surface area contributed by atoms with Crippen molar-refractivity contribution in [3.8, 4) is 16.9 Å². The monoisotopic (exact) mass is 270 g/mol. The summed E-state index contributed by atoms with van der Waals surface area (Å²) in [4.78, 5) is 11.2. The third kappa shape index (κ3) is 3.85. The quantitative estimate of drug-likeness (QED) is 0.779. The largest absolute Gasteiger partial charge is 0.482 e. The zero-order valence-electron chi connectivity index (χ0n) is 11.8. The van der Waals surface area contributed by atoms with Gasteiger partial charge in [0.25, 0.3) is 0 Å². The van der Waals surface area contributed by atoms with E-state index >= 15 is 0 Å². The molecule has 0 N–H and O–H groups in total. The van der Waals surface area contributed by atoms with Gasteiger partial charge in [-0.25, -0.2) is 4.79 Å². The van der Waals surface area contributed by atoms with E-state index in [0.717, 1.165) is 5.56 Å². The zero-order chi connectivity index (χ0) is 14.4. The molecule has 0 aliphatic heterocycles. The first-order valence-electron chi connectivity index (χ1n) is 6.64. The summed E-state index contributed by atoms with van der Waals surface area (Å²) in [5.41, 5.74) is 3.52. The van der Waals surface area contributed by atoms with Crippen molar-refractivity contribution in [2.24, 2.45) is 0 Å². The van der Waals surface area contributed by atoms with Gasteiger partial charge in [0, 0.05) is 0 Å². The van der Waals surface area contributed by atoms with Crippen molar-refractivity contribution < 1.29 is 14.3 Å². The average molecular weight is 270 g/mol. The Morgan fingerprint density at radius 3 is 2.45 bits per heavy atom. The van der Waals surface area contributed by atoms with Gasteiger partial charge in [-0.1, -0.05) is 42.0 Å². The van der Waals surface area contributed by atoms with Gasteiger partial charge in [-0.2, -0.15) is 0 Å². The van der Waals surface area contributed by atoms with E-state index in [0.29, 0.717) is 12.4 Å². The van der Waals surface area contributed by atoms with Gasteiger partial charge in [-0.05, 0) is 37.1 Å². The van der Waals surface area contributed by atoms with Crippen LogP contribution in [-0.4, -0.2) is 19.2 Å². The number of benzene rings is 2. The van der Waals surface area contributed by atoms with Crippen LogP contribution in [0, 0.1) is 6.92 Å². The third-order valence-electron chi connectivity index (χ3n) is 2.87. The fraction of sp³-hybridized carbons (Fsp3) is 0.235. The number of hydrogen-bond donors (Lipinski definition) is 0. The normalized spacial score (nSPS) is 10.1. The highest BCUT2D eigenvalue weighted by Gasteiger charge is 2.03. The summed E-state index contributed by atoms with van der Waals surface area (Å²) in [5, 5.41) is 0. The lowest BCUT2D eigenvalue weighted by molar-refractivity contribution is -0.145. The number of hydrogen-bond acceptors (Lipinski definition) is 3. The van der Waals surface area contributed by atoms with E-state index in [1.54, 1.807) is 6.92 Å². The van der Waals surface area contributed by atoms with Crippen molar-refractivity contribution in [2.45, 2.75) is 13.8 Å². The first-order valence-corrected chi connectivity index (χ1v) is 6.64. The Morgan fingerprint density at radius 1 is 1.05 bits per heavy atom. The van der Waals surface area contributed by atoms with Gasteiger partial charge >= 0.3 is 5.97 Å². The lowest BCUT2D eigenvalue weighted by Crippen LogP contribution is -2.14. The molecule has 0 atom stereocenters. The Labute approximate surface area is 119 Å². The van der Waals surface area contributed by atoms with Crippen LogP contribution in [0.1, 0.15) is 12.5 Å². The maximum absolute atomic E-state index is 11.2. The maximum Gasteiger partial charge on any atom is 0.344 e. The van der Waals surface area contributed by atoms with Crippen molar-refractivity contribution in [1.82, 2.24) is 0 Å². The SMILES string of the molecule is CCOC(=O)COc1ccc(-c2cccc(C)c2)cc1. The molecule has 0 radical (unpaired) electrons. The topological polar surface area (TPSA) is 35.5 Å². The van der Waals surface area contributed by atoms with Gasteiger partial charge in [0.05, 0.1) is 6.61 Å². The molecule has 0 amide bonds. The second kappa shape index (κ2) is 6.75. The van der Waals surface area contributed by atoms with E-state index in [9.17, 15) is 4.79 Å². The first kappa shape index (κ1) is 14.1. The van der Waals surface area contributed by atoms with Gasteiger partial charge < -0.3 is 9.47 Å². The van der Waals surface area contributed by atoms with Gasteiger partial charge in [0.2, 0.25) is 0 Å². The number of ether oxygens (including phenoxy) is 2. The standard InChI is InChI=1S/C17H18O3/c1-3-19-17(18)12-20-16-9-7-14(8-10-16)15-6-4-5-13(2)11-15/h4-11H,3,12H2,1-2H3. The lowest BCUT2D eigenvalue weighted by atomic mass is 10.0. The molecule has 0 bridgehead atoms. The minimum atomic E-state index is -0.352. The molecule has 0 saturated carbocycles. The summed E-state index contributed by atoms with van der Waals surface area (Å²) in [6, 6.07) is 16.0. The molecule has 0 heterocycles. The molecule has 0 aliphatic carbocycles. The highest BCUT2D eigenvalue weighted by atomic mass is 16.6. The van der Waals surface area contributed by atoms with Crippen LogP contribution in [0.2, 0.25) is 0 Å². The summed E-state index contributed by atoms with van der Waals surface area (Å²) in [5.74, 6) is 0.310. The average Bonchev–Trinajstić information content (AvgIpc) is 2.46. The number of esters is 1. The molecule has 0 aromatic heterocycles. The second-order valence-corrected chi connectivity index (χ2v) is 4.49. The zero-order valence-corrected chi connectivity index (χ0v) is 11.8. The highest BCUT2D eigenvalue weighted by Crippen LogP contribution is 2.23. The Bertz CT molecular complexity index is 573. The van der Waals surface area contributed by atoms with E-state index < -0.39 is 0 Å². The molecule has 2 rings (SSSR count). The number of carbonyl (C=O) groups is 1. The van der Waals surface area contributed by atoms with Gasteiger partial charge in [-0.3, -0.25) is 0 Å². The van der Waals surface area contributed by atoms with Crippen molar-refractivity contribution in [1.29, 1.82) is 0 Å². The lowest BCUT2D eigenvalue weighted by Gasteiger charge is -2.07. The molecule has 3 heteroatoms. The predicted molar refractivity (Wildman–Crippen MR) is 78.7 cm³/mol. The van der Waals surface area contributed by atoms with Crippen LogP contribution in [0.15, 0.2) is 48.5 Å². The van der Waals surface area contributed by atoms with E-state index in [1.807, 2.05) is 30.3 Å². The molecule has 0 unspecified atom stereocenters. The Kier molecular flexibility index (Phi) is 4.77. The minimum absolute atomic E-state index is 0.0579. The van der Waals surface area contributed by atoms with Crippen LogP contribution in [-0.2, 0) is 9.53 Å². The van der Waals surface area contributed by atoms with Crippen LogP contribution in [0.3, 0.4) is 0 Å². The minimum Gasteiger partial charge on any atom is -0.482 e. The molecule has 0 spiro atoms. The van der Waals surface area contributed by atoms with E-state index in [4.69, 9.17) is 9.47 Å². The summed E-state index contributed by atoms with van der Waals surface area (Å²) >= 11 is 0. The van der Waals surface area contributed by atoms with Gasteiger partial charge in [0.1, 0.15) is 5.75 Å². The summed E-state index contributed by atoms with van der Waals surface area (Å²) in [6.45, 7) is 4.15. The Balaban J connectivity index is 2.01. The Hall–Kier alpha value is -2.29. The van der Waals surface area contributed by atoms with Crippen LogP contribution < -0.4 is 4.74 Å². The summed E-state index contributed by atoms with van der Waals surface area (Å²) in [7, 11) is 0. The molecular formula is C17H18O3. The second-order valence-electron chi connectivity index (χ2n) is 4.49. The number of rotatable bonds is 5. The van der Waals surface area contributed by atoms with E-state index in [1.165, 1.54) is 11.1 Å². The molecule has 3 nitrogen and oxygen atoms in total. The maximum atomic E-state index is 11.2. The van der Waals surface area contributed by atoms with Crippen molar-refractivity contribution >= 4 is 5.97 Å². The van der Waals surface area contributed by atoms with Crippen LogP contribution in [0.4, 0.5) is 0 Å². The number of aryl methyl sites for hydroxylation is 1. The van der Waals surface area contributed by atoms with E-state index in [2.05, 4.69) is 25.1 Å². The molecule has 0 aliphatic rings. The van der Waals surface area contributed by atoms with Crippen LogP contribution >= 0.6 is 0 Å². The summed E-state index contributed by atoms with van der Waals surface area (Å²) < 4.78 is 10.2. The molecule has 2 aromatic carbocycles. The van der Waals surface area contributed by atoms with Crippen molar-refractivity contribution in [3.05, 3.63) is 54.1 Å². The van der Waals surface area contributed by atoms with Gasteiger partial charge in [-0.15, -0.1) is 0 Å². The summed E-state index contributed by atoms with van der Waals surface area (Å²) in [6.07, 6.45) is 0. The third-order valence-corrected chi connectivity index (χ3v) is 2.87. The fourth-order valence-electron chi connectivity index (χ4n) is 1.91. The van der Waals surface area contributed by atoms with E-state index in [-0.39, 0.29) is 12.6 Å². The smallest absolute Gasteiger partial charge is 0.344 e. The van der Waals surface area contributed by atoms with Crippen LogP contribution in [0.25, 0.3) is 11.1 Å². The molecule has 20 heavy (non-hydrogen) atoms. The van der Waals surface area contributed by atoms with Crippen molar-refractivity contribution in [3.63, 3.8) is 0 Å². The molecule has 104 valence electrons. The molecule has 0 fully saturated rings. The molecule has 2 aromatic rings. The first-order chi connectivity index (χ1) is 9.69. The van der Waals surface area contributed by atoms with Crippen molar-refractivity contribution in [2.75, 3.05) is 13.2 Å². The molecule has 0 saturated heterocycles. The molecular weight excluding hydrogens is 252 g/mol. The Morgan fingerprint density at radius 2 is 1.80 bits per heavy atom.